The Morgan fingerprint density at radius 2 is 2.38 bits per heavy atom. The van der Waals surface area contributed by atoms with Crippen molar-refractivity contribution in [3.05, 3.63) is 17.8 Å². The van der Waals surface area contributed by atoms with Gasteiger partial charge < -0.3 is 15.7 Å². The van der Waals surface area contributed by atoms with E-state index in [1.807, 2.05) is 6.92 Å². The van der Waals surface area contributed by atoms with Crippen molar-refractivity contribution in [2.24, 2.45) is 0 Å². The van der Waals surface area contributed by atoms with E-state index in [-0.39, 0.29) is 5.56 Å². The Kier molecular flexibility index (Phi) is 2.68. The summed E-state index contributed by atoms with van der Waals surface area (Å²) in [5.74, 6) is -0.296. The number of nitrogen functional groups attached to an aromatic ring is 1. The van der Waals surface area contributed by atoms with Crippen LogP contribution in [0.25, 0.3) is 0 Å². The number of carbonyl (C=O) groups is 1. The minimum atomic E-state index is -1.000. The van der Waals surface area contributed by atoms with Gasteiger partial charge in [-0.2, -0.15) is 0 Å². The summed E-state index contributed by atoms with van der Waals surface area (Å²) in [6.07, 6.45) is 3.68. The first kappa shape index (κ1) is 10.7. The molecule has 1 aliphatic carbocycles. The molecule has 1 aliphatic rings. The predicted molar refractivity (Wildman–Crippen MR) is 61.7 cm³/mol. The van der Waals surface area contributed by atoms with Crippen LogP contribution in [0.4, 0.5) is 11.5 Å². The second-order valence-electron chi connectivity index (χ2n) is 3.96. The number of aromatic carboxylic acids is 1. The van der Waals surface area contributed by atoms with Crippen LogP contribution in [-0.4, -0.2) is 28.6 Å². The van der Waals surface area contributed by atoms with Crippen LogP contribution in [0.2, 0.25) is 0 Å². The van der Waals surface area contributed by atoms with Crippen LogP contribution >= 0.6 is 0 Å². The van der Waals surface area contributed by atoms with E-state index in [9.17, 15) is 4.79 Å². The monoisotopic (exact) mass is 221 g/mol. The summed E-state index contributed by atoms with van der Waals surface area (Å²) in [5, 5.41) is 8.81. The van der Waals surface area contributed by atoms with Crippen molar-refractivity contribution in [3.8, 4) is 0 Å². The fraction of sp³-hybridized carbons (Fsp3) is 0.455. The molecule has 1 aromatic heterocycles. The van der Waals surface area contributed by atoms with Gasteiger partial charge in [0.2, 0.25) is 0 Å². The zero-order valence-electron chi connectivity index (χ0n) is 9.18. The first-order chi connectivity index (χ1) is 7.63. The number of carboxylic acid groups (broad SMARTS) is 1. The van der Waals surface area contributed by atoms with Gasteiger partial charge in [-0.05, 0) is 25.8 Å². The molecule has 5 heteroatoms. The van der Waals surface area contributed by atoms with Crippen molar-refractivity contribution in [1.82, 2.24) is 4.98 Å². The molecule has 0 saturated heterocycles. The molecule has 16 heavy (non-hydrogen) atoms. The number of nitrogens with two attached hydrogens (primary N) is 1. The first-order valence-electron chi connectivity index (χ1n) is 5.39. The van der Waals surface area contributed by atoms with E-state index >= 15 is 0 Å². The summed E-state index contributed by atoms with van der Waals surface area (Å²) in [6.45, 7) is 2.89. The Bertz CT molecular complexity index is 416. The zero-order valence-corrected chi connectivity index (χ0v) is 9.18. The second-order valence-corrected chi connectivity index (χ2v) is 3.96. The molecule has 0 bridgehead atoms. The Morgan fingerprint density at radius 1 is 1.69 bits per heavy atom. The standard InChI is InChI=1S/C11H15N3O2/c1-2-14(8-3-4-8)10-9(12)5-7(6-13-10)11(15)16/h5-6,8H,2-4,12H2,1H3,(H,15,16). The minimum absolute atomic E-state index is 0.133. The van der Waals surface area contributed by atoms with Gasteiger partial charge in [0.25, 0.3) is 0 Å². The summed E-state index contributed by atoms with van der Waals surface area (Å²) < 4.78 is 0. The van der Waals surface area contributed by atoms with Crippen molar-refractivity contribution in [3.63, 3.8) is 0 Å². The van der Waals surface area contributed by atoms with Gasteiger partial charge in [-0.3, -0.25) is 0 Å². The normalized spacial score (nSPS) is 14.8. The van der Waals surface area contributed by atoms with Crippen molar-refractivity contribution >= 4 is 17.5 Å². The fourth-order valence-electron chi connectivity index (χ4n) is 1.80. The van der Waals surface area contributed by atoms with E-state index < -0.39 is 5.97 Å². The van der Waals surface area contributed by atoms with Crippen molar-refractivity contribution in [2.75, 3.05) is 17.2 Å². The van der Waals surface area contributed by atoms with Gasteiger partial charge in [-0.1, -0.05) is 0 Å². The molecule has 86 valence electrons. The maximum Gasteiger partial charge on any atom is 0.337 e. The summed E-state index contributed by atoms with van der Waals surface area (Å²) in [5.41, 5.74) is 6.40. The van der Waals surface area contributed by atoms with Crippen LogP contribution in [0.3, 0.4) is 0 Å². The van der Waals surface area contributed by atoms with E-state index in [1.165, 1.54) is 12.3 Å². The summed E-state index contributed by atoms with van der Waals surface area (Å²) in [6, 6.07) is 1.99. The maximum atomic E-state index is 10.7. The van der Waals surface area contributed by atoms with Crippen molar-refractivity contribution in [1.29, 1.82) is 0 Å². The van der Waals surface area contributed by atoms with Gasteiger partial charge in [0.15, 0.2) is 5.82 Å². The highest BCUT2D eigenvalue weighted by atomic mass is 16.4. The van der Waals surface area contributed by atoms with Crippen LogP contribution in [0.5, 0.6) is 0 Å². The molecule has 1 aromatic rings. The average Bonchev–Trinajstić information content (AvgIpc) is 3.05. The molecule has 0 aromatic carbocycles. The molecular formula is C11H15N3O2. The highest BCUT2D eigenvalue weighted by Crippen LogP contribution is 2.33. The molecule has 0 radical (unpaired) electrons. The average molecular weight is 221 g/mol. The third-order valence-corrected chi connectivity index (χ3v) is 2.74. The number of nitrogens with zero attached hydrogens (tertiary/aromatic N) is 2. The van der Waals surface area contributed by atoms with Crippen LogP contribution in [-0.2, 0) is 0 Å². The number of hydrogen-bond acceptors (Lipinski definition) is 4. The van der Waals surface area contributed by atoms with E-state index in [1.54, 1.807) is 0 Å². The molecule has 1 saturated carbocycles. The second kappa shape index (κ2) is 4.00. The van der Waals surface area contributed by atoms with Gasteiger partial charge >= 0.3 is 5.97 Å². The lowest BCUT2D eigenvalue weighted by Gasteiger charge is -2.22. The Hall–Kier alpha value is -1.78. The molecule has 0 atom stereocenters. The molecule has 1 heterocycles. The quantitative estimate of drug-likeness (QED) is 0.802. The number of aromatic nitrogens is 1. The third kappa shape index (κ3) is 1.93. The van der Waals surface area contributed by atoms with E-state index in [2.05, 4.69) is 9.88 Å². The molecule has 3 N–H and O–H groups in total. The fourth-order valence-corrected chi connectivity index (χ4v) is 1.80. The van der Waals surface area contributed by atoms with Crippen LogP contribution < -0.4 is 10.6 Å². The molecule has 0 amide bonds. The van der Waals surface area contributed by atoms with Crippen LogP contribution in [0.15, 0.2) is 12.3 Å². The number of anilines is 2. The van der Waals surface area contributed by atoms with Gasteiger partial charge in [0, 0.05) is 18.8 Å². The molecule has 1 fully saturated rings. The SMILES string of the molecule is CCN(c1ncc(C(=O)O)cc1N)C1CC1. The molecule has 0 aliphatic heterocycles. The first-order valence-corrected chi connectivity index (χ1v) is 5.39. The Morgan fingerprint density at radius 3 is 2.81 bits per heavy atom. The van der Waals surface area contributed by atoms with E-state index in [0.717, 1.165) is 19.4 Å². The predicted octanol–water partition coefficient (Wildman–Crippen LogP) is 1.35. The third-order valence-electron chi connectivity index (χ3n) is 2.74. The smallest absolute Gasteiger partial charge is 0.337 e. The lowest BCUT2D eigenvalue weighted by Crippen LogP contribution is -2.27. The zero-order chi connectivity index (χ0) is 11.7. The van der Waals surface area contributed by atoms with Gasteiger partial charge in [0.05, 0.1) is 11.3 Å². The number of carboxylic acids is 1. The minimum Gasteiger partial charge on any atom is -0.478 e. The van der Waals surface area contributed by atoms with Crippen LogP contribution in [0.1, 0.15) is 30.1 Å². The Balaban J connectivity index is 2.30. The Labute approximate surface area is 93.9 Å². The lowest BCUT2D eigenvalue weighted by molar-refractivity contribution is 0.0696. The molecule has 0 unspecified atom stereocenters. The molecular weight excluding hydrogens is 206 g/mol. The lowest BCUT2D eigenvalue weighted by atomic mass is 10.2. The molecule has 0 spiro atoms. The van der Waals surface area contributed by atoms with Gasteiger partial charge in [-0.15, -0.1) is 0 Å². The molecule has 2 rings (SSSR count). The van der Waals surface area contributed by atoms with Crippen molar-refractivity contribution in [2.45, 2.75) is 25.8 Å². The number of pyridine rings is 1. The number of hydrogen-bond donors (Lipinski definition) is 2. The van der Waals surface area contributed by atoms with Crippen LogP contribution in [0, 0.1) is 0 Å². The summed E-state index contributed by atoms with van der Waals surface area (Å²) in [7, 11) is 0. The largest absolute Gasteiger partial charge is 0.478 e. The highest BCUT2D eigenvalue weighted by molar-refractivity contribution is 5.89. The number of rotatable bonds is 4. The maximum absolute atomic E-state index is 10.7. The van der Waals surface area contributed by atoms with E-state index in [4.69, 9.17) is 10.8 Å². The summed E-state index contributed by atoms with van der Waals surface area (Å²) >= 11 is 0. The van der Waals surface area contributed by atoms with Crippen molar-refractivity contribution < 1.29 is 9.90 Å². The van der Waals surface area contributed by atoms with Gasteiger partial charge in [0.1, 0.15) is 0 Å². The van der Waals surface area contributed by atoms with E-state index in [0.29, 0.717) is 17.5 Å². The molecule has 5 nitrogen and oxygen atoms in total. The summed E-state index contributed by atoms with van der Waals surface area (Å²) in [4.78, 5) is 17.0. The highest BCUT2D eigenvalue weighted by Gasteiger charge is 2.30. The topological polar surface area (TPSA) is 79.5 Å². The van der Waals surface area contributed by atoms with Gasteiger partial charge in [-0.25, -0.2) is 9.78 Å².